The van der Waals surface area contributed by atoms with E-state index in [-0.39, 0.29) is 15.7 Å². The van der Waals surface area contributed by atoms with E-state index in [2.05, 4.69) is 5.32 Å². The number of benzene rings is 1. The highest BCUT2D eigenvalue weighted by Crippen LogP contribution is 2.28. The van der Waals surface area contributed by atoms with Crippen LogP contribution >= 0.6 is 11.3 Å². The van der Waals surface area contributed by atoms with Gasteiger partial charge in [-0.15, -0.1) is 11.3 Å². The lowest BCUT2D eigenvalue weighted by Gasteiger charge is -2.19. The predicted molar refractivity (Wildman–Crippen MR) is 91.0 cm³/mol. The molecule has 2 heterocycles. The normalized spacial score (nSPS) is 23.8. The van der Waals surface area contributed by atoms with Crippen LogP contribution in [-0.4, -0.2) is 39.6 Å². The number of rotatable bonds is 5. The van der Waals surface area contributed by atoms with Crippen molar-refractivity contribution in [2.24, 2.45) is 0 Å². The van der Waals surface area contributed by atoms with E-state index in [4.69, 9.17) is 0 Å². The van der Waals surface area contributed by atoms with E-state index in [9.17, 15) is 16.8 Å². The summed E-state index contributed by atoms with van der Waals surface area (Å²) in [5, 5.41) is 3.87. The minimum atomic E-state index is -3.64. The first-order valence-electron chi connectivity index (χ1n) is 7.14. The quantitative estimate of drug-likeness (QED) is 0.861. The van der Waals surface area contributed by atoms with Gasteiger partial charge < -0.3 is 5.32 Å². The van der Waals surface area contributed by atoms with Crippen LogP contribution in [0.15, 0.2) is 52.1 Å². The second kappa shape index (κ2) is 6.35. The molecule has 1 aromatic heterocycles. The summed E-state index contributed by atoms with van der Waals surface area (Å²) >= 11 is 1.12. The van der Waals surface area contributed by atoms with Crippen molar-refractivity contribution in [3.63, 3.8) is 0 Å². The highest BCUT2D eigenvalue weighted by Gasteiger charge is 2.45. The minimum absolute atomic E-state index is 0.144. The number of sulfone groups is 2. The number of hydrogen-bond donors (Lipinski definition) is 1. The van der Waals surface area contributed by atoms with Crippen LogP contribution in [0.1, 0.15) is 5.56 Å². The van der Waals surface area contributed by atoms with Crippen molar-refractivity contribution in [3.05, 3.63) is 53.4 Å². The lowest BCUT2D eigenvalue weighted by atomic mass is 10.2. The monoisotopic (exact) mass is 371 g/mol. The van der Waals surface area contributed by atoms with Crippen LogP contribution in [-0.2, 0) is 26.2 Å². The molecule has 0 saturated carbocycles. The van der Waals surface area contributed by atoms with Crippen LogP contribution in [0.4, 0.5) is 0 Å². The topological polar surface area (TPSA) is 80.3 Å². The van der Waals surface area contributed by atoms with Gasteiger partial charge in [-0.1, -0.05) is 36.4 Å². The minimum Gasteiger partial charge on any atom is -0.308 e. The maximum Gasteiger partial charge on any atom is 0.193 e. The SMILES string of the molecule is O=S1(=O)C[C@H](NCc2ccccc2)[C@@H](S(=O)(=O)c2cccs2)C1. The molecule has 2 aromatic rings. The van der Waals surface area contributed by atoms with Crippen molar-refractivity contribution in [2.75, 3.05) is 11.5 Å². The molecule has 1 fully saturated rings. The summed E-state index contributed by atoms with van der Waals surface area (Å²) in [7, 11) is -7.00. The summed E-state index contributed by atoms with van der Waals surface area (Å²) in [6.07, 6.45) is 0. The zero-order valence-corrected chi connectivity index (χ0v) is 14.7. The van der Waals surface area contributed by atoms with Crippen LogP contribution in [0.5, 0.6) is 0 Å². The highest BCUT2D eigenvalue weighted by molar-refractivity contribution is 7.97. The summed E-state index contributed by atoms with van der Waals surface area (Å²) in [6, 6.07) is 12.1. The van der Waals surface area contributed by atoms with Gasteiger partial charge in [-0.2, -0.15) is 0 Å². The van der Waals surface area contributed by atoms with Crippen molar-refractivity contribution in [1.29, 1.82) is 0 Å². The first-order chi connectivity index (χ1) is 10.9. The zero-order valence-electron chi connectivity index (χ0n) is 12.3. The van der Waals surface area contributed by atoms with Gasteiger partial charge in [0.25, 0.3) is 0 Å². The molecule has 5 nitrogen and oxygen atoms in total. The fraction of sp³-hybridized carbons (Fsp3) is 0.333. The van der Waals surface area contributed by atoms with E-state index in [1.807, 2.05) is 30.3 Å². The van der Waals surface area contributed by atoms with Crippen molar-refractivity contribution < 1.29 is 16.8 Å². The van der Waals surface area contributed by atoms with E-state index in [0.717, 1.165) is 16.9 Å². The molecule has 1 aliphatic heterocycles. The molecule has 1 aliphatic rings. The maximum atomic E-state index is 12.7. The number of nitrogens with one attached hydrogen (secondary N) is 1. The van der Waals surface area contributed by atoms with Gasteiger partial charge in [0, 0.05) is 12.6 Å². The third kappa shape index (κ3) is 3.65. The molecule has 0 amide bonds. The Kier molecular flexibility index (Phi) is 4.59. The van der Waals surface area contributed by atoms with Crippen LogP contribution < -0.4 is 5.32 Å². The number of thiophene rings is 1. The van der Waals surface area contributed by atoms with Gasteiger partial charge in [-0.3, -0.25) is 0 Å². The van der Waals surface area contributed by atoms with E-state index >= 15 is 0 Å². The Bertz CT molecular complexity index is 859. The maximum absolute atomic E-state index is 12.7. The second-order valence-electron chi connectivity index (χ2n) is 5.57. The molecule has 0 bridgehead atoms. The van der Waals surface area contributed by atoms with Crippen molar-refractivity contribution in [3.8, 4) is 0 Å². The summed E-state index contributed by atoms with van der Waals surface area (Å²) in [5.41, 5.74) is 0.990. The van der Waals surface area contributed by atoms with Crippen molar-refractivity contribution >= 4 is 31.0 Å². The Morgan fingerprint density at radius 3 is 2.48 bits per heavy atom. The van der Waals surface area contributed by atoms with E-state index in [0.29, 0.717) is 6.54 Å². The molecule has 1 N–H and O–H groups in total. The Labute approximate surface area is 140 Å². The molecular formula is C15H17NO4S3. The third-order valence-electron chi connectivity index (χ3n) is 3.89. The Morgan fingerprint density at radius 1 is 1.09 bits per heavy atom. The molecule has 2 atom stereocenters. The van der Waals surface area contributed by atoms with Gasteiger partial charge in [0.2, 0.25) is 0 Å². The Balaban J connectivity index is 1.83. The molecule has 0 unspecified atom stereocenters. The predicted octanol–water partition coefficient (Wildman–Crippen LogP) is 1.48. The smallest absolute Gasteiger partial charge is 0.193 e. The van der Waals surface area contributed by atoms with Gasteiger partial charge in [0.05, 0.1) is 16.8 Å². The summed E-state index contributed by atoms with van der Waals surface area (Å²) < 4.78 is 49.6. The van der Waals surface area contributed by atoms with E-state index < -0.39 is 31.0 Å². The first-order valence-corrected chi connectivity index (χ1v) is 11.4. The molecule has 1 saturated heterocycles. The van der Waals surface area contributed by atoms with Crippen LogP contribution in [0.3, 0.4) is 0 Å². The zero-order chi connectivity index (χ0) is 16.5. The van der Waals surface area contributed by atoms with Gasteiger partial charge >= 0.3 is 0 Å². The molecule has 0 aliphatic carbocycles. The van der Waals surface area contributed by atoms with Crippen LogP contribution in [0, 0.1) is 0 Å². The van der Waals surface area contributed by atoms with E-state index in [1.54, 1.807) is 11.4 Å². The molecule has 0 spiro atoms. The summed E-state index contributed by atoms with van der Waals surface area (Å²) in [5.74, 6) is -0.463. The van der Waals surface area contributed by atoms with Crippen molar-refractivity contribution in [2.45, 2.75) is 22.0 Å². The average Bonchev–Trinajstić information content (AvgIpc) is 3.14. The largest absolute Gasteiger partial charge is 0.308 e. The average molecular weight is 372 g/mol. The number of hydrogen-bond acceptors (Lipinski definition) is 6. The Hall–Kier alpha value is -1.22. The van der Waals surface area contributed by atoms with E-state index in [1.165, 1.54) is 6.07 Å². The molecule has 8 heteroatoms. The molecular weight excluding hydrogens is 354 g/mol. The van der Waals surface area contributed by atoms with Gasteiger partial charge in [-0.25, -0.2) is 16.8 Å². The fourth-order valence-electron chi connectivity index (χ4n) is 2.73. The molecule has 3 rings (SSSR count). The van der Waals surface area contributed by atoms with Gasteiger partial charge in [0.1, 0.15) is 4.21 Å². The van der Waals surface area contributed by atoms with Crippen LogP contribution in [0.2, 0.25) is 0 Å². The molecule has 124 valence electrons. The Morgan fingerprint density at radius 2 is 1.83 bits per heavy atom. The van der Waals surface area contributed by atoms with Crippen molar-refractivity contribution in [1.82, 2.24) is 5.32 Å². The molecule has 1 aromatic carbocycles. The summed E-state index contributed by atoms with van der Waals surface area (Å²) in [6.45, 7) is 0.442. The van der Waals surface area contributed by atoms with Gasteiger partial charge in [-0.05, 0) is 17.0 Å². The first kappa shape index (κ1) is 16.6. The van der Waals surface area contributed by atoms with Gasteiger partial charge in [0.15, 0.2) is 19.7 Å². The standard InChI is InChI=1S/C15H17NO4S3/c17-22(18)10-13(16-9-12-5-2-1-3-6-12)14(11-22)23(19,20)15-7-4-8-21-15/h1-8,13-14,16H,9-11H2/t13-,14-/m0/s1. The third-order valence-corrected chi connectivity index (χ3v) is 9.47. The molecule has 23 heavy (non-hydrogen) atoms. The highest BCUT2D eigenvalue weighted by atomic mass is 32.2. The second-order valence-corrected chi connectivity index (χ2v) is 11.1. The van der Waals surface area contributed by atoms with Crippen LogP contribution in [0.25, 0.3) is 0 Å². The fourth-order valence-corrected chi connectivity index (χ4v) is 8.67. The summed E-state index contributed by atoms with van der Waals surface area (Å²) in [4.78, 5) is 0. The molecule has 0 radical (unpaired) electrons. The lowest BCUT2D eigenvalue weighted by molar-refractivity contribution is 0.527. The lowest BCUT2D eigenvalue weighted by Crippen LogP contribution is -2.42.